The number of rotatable bonds is 4. The molecule has 150 valence electrons. The standard InChI is InChI=1S/C19H26N6O3/c1-18(2)9-13(10-19(3,4)23-18)21-16(27)15-17(28)25(24-22-15)20-11-12-5-7-14(26)8-6-12/h5-8,11,13,23-24,26H,9-10H2,1-4H3,(H,21,27)/b20-11+. The van der Waals surface area contributed by atoms with Crippen molar-refractivity contribution in [3.05, 3.63) is 45.9 Å². The van der Waals surface area contributed by atoms with E-state index in [-0.39, 0.29) is 28.6 Å². The van der Waals surface area contributed by atoms with E-state index in [1.807, 2.05) is 0 Å². The molecule has 0 atom stereocenters. The van der Waals surface area contributed by atoms with Gasteiger partial charge in [-0.2, -0.15) is 10.3 Å². The number of H-pyrrole nitrogens is 1. The van der Waals surface area contributed by atoms with E-state index in [1.165, 1.54) is 18.3 Å². The summed E-state index contributed by atoms with van der Waals surface area (Å²) in [5.74, 6) is -0.377. The van der Waals surface area contributed by atoms with Crippen LogP contribution in [0.3, 0.4) is 0 Å². The predicted molar refractivity (Wildman–Crippen MR) is 106 cm³/mol. The first-order chi connectivity index (χ1) is 13.0. The molecule has 9 heteroatoms. The van der Waals surface area contributed by atoms with Gasteiger partial charge in [-0.25, -0.2) is 0 Å². The Morgan fingerprint density at radius 3 is 2.46 bits per heavy atom. The third kappa shape index (κ3) is 4.66. The lowest BCUT2D eigenvalue weighted by Crippen LogP contribution is -2.62. The Labute approximate surface area is 162 Å². The fourth-order valence-electron chi connectivity index (χ4n) is 3.88. The van der Waals surface area contributed by atoms with Crippen LogP contribution in [0.25, 0.3) is 0 Å². The average molecular weight is 386 g/mol. The average Bonchev–Trinajstić information content (AvgIpc) is 2.92. The number of carbonyl (C=O) groups is 1. The predicted octanol–water partition coefficient (Wildman–Crippen LogP) is 1.20. The Morgan fingerprint density at radius 1 is 1.25 bits per heavy atom. The summed E-state index contributed by atoms with van der Waals surface area (Å²) in [5, 5.41) is 26.0. The van der Waals surface area contributed by atoms with Crippen LogP contribution in [0.1, 0.15) is 56.6 Å². The molecule has 0 saturated carbocycles. The van der Waals surface area contributed by atoms with Crippen molar-refractivity contribution in [2.45, 2.75) is 57.7 Å². The molecule has 0 spiro atoms. The second kappa shape index (κ2) is 7.23. The fourth-order valence-corrected chi connectivity index (χ4v) is 3.88. The summed E-state index contributed by atoms with van der Waals surface area (Å²) in [4.78, 5) is 25.9. The van der Waals surface area contributed by atoms with Gasteiger partial charge in [0.2, 0.25) is 5.69 Å². The Kier molecular flexibility index (Phi) is 5.12. The van der Waals surface area contributed by atoms with Crippen molar-refractivity contribution < 1.29 is 9.90 Å². The maximum Gasteiger partial charge on any atom is 0.320 e. The van der Waals surface area contributed by atoms with Crippen LogP contribution in [0.4, 0.5) is 0 Å². The molecule has 9 nitrogen and oxygen atoms in total. The van der Waals surface area contributed by atoms with Gasteiger partial charge in [-0.1, -0.05) is 0 Å². The third-order valence-electron chi connectivity index (χ3n) is 4.61. The number of aromatic hydroxyl groups is 1. The molecule has 28 heavy (non-hydrogen) atoms. The molecule has 0 unspecified atom stereocenters. The molecule has 4 N–H and O–H groups in total. The normalized spacial score (nSPS) is 19.0. The van der Waals surface area contributed by atoms with Crippen LogP contribution in [0, 0.1) is 0 Å². The minimum absolute atomic E-state index is 0.0659. The van der Waals surface area contributed by atoms with Crippen LogP contribution in [0.2, 0.25) is 0 Å². The van der Waals surface area contributed by atoms with Crippen molar-refractivity contribution in [3.63, 3.8) is 0 Å². The van der Waals surface area contributed by atoms with Crippen molar-refractivity contribution in [1.29, 1.82) is 0 Å². The van der Waals surface area contributed by atoms with E-state index >= 15 is 0 Å². The Bertz CT molecular complexity index is 923. The second-order valence-electron chi connectivity index (χ2n) is 8.48. The molecule has 1 amide bonds. The molecular formula is C19H26N6O3. The Balaban J connectivity index is 1.71. The van der Waals surface area contributed by atoms with Gasteiger partial charge in [0.25, 0.3) is 5.91 Å². The topological polar surface area (TPSA) is 124 Å². The highest BCUT2D eigenvalue weighted by Gasteiger charge is 2.38. The molecule has 1 aliphatic heterocycles. The number of carbonyl (C=O) groups excluding carboxylic acids is 1. The second-order valence-corrected chi connectivity index (χ2v) is 8.48. The van der Waals surface area contributed by atoms with E-state index in [1.54, 1.807) is 12.1 Å². The Hall–Kier alpha value is -2.94. The third-order valence-corrected chi connectivity index (χ3v) is 4.61. The van der Waals surface area contributed by atoms with Gasteiger partial charge in [0.1, 0.15) is 5.75 Å². The largest absolute Gasteiger partial charge is 0.508 e. The fraction of sp³-hybridized carbons (Fsp3) is 0.474. The van der Waals surface area contributed by atoms with Crippen molar-refractivity contribution in [3.8, 4) is 5.75 Å². The quantitative estimate of drug-likeness (QED) is 0.588. The molecule has 1 fully saturated rings. The summed E-state index contributed by atoms with van der Waals surface area (Å²) in [6.45, 7) is 8.36. The molecule has 0 bridgehead atoms. The molecule has 1 saturated heterocycles. The zero-order valence-electron chi connectivity index (χ0n) is 16.5. The van der Waals surface area contributed by atoms with Crippen LogP contribution in [-0.4, -0.2) is 49.5 Å². The molecular weight excluding hydrogens is 360 g/mol. The van der Waals surface area contributed by atoms with Crippen molar-refractivity contribution in [2.24, 2.45) is 5.10 Å². The van der Waals surface area contributed by atoms with Gasteiger partial charge in [0.05, 0.1) is 6.21 Å². The number of benzene rings is 1. The molecule has 1 aromatic carbocycles. The summed E-state index contributed by atoms with van der Waals surface area (Å²) in [6.07, 6.45) is 2.93. The lowest BCUT2D eigenvalue weighted by molar-refractivity contribution is 0.0867. The number of phenols is 1. The smallest absolute Gasteiger partial charge is 0.320 e. The van der Waals surface area contributed by atoms with Gasteiger partial charge in [-0.15, -0.1) is 9.89 Å². The Morgan fingerprint density at radius 2 is 1.86 bits per heavy atom. The maximum absolute atomic E-state index is 12.6. The summed E-state index contributed by atoms with van der Waals surface area (Å²) < 4.78 is 0. The highest BCUT2D eigenvalue weighted by Crippen LogP contribution is 2.28. The molecule has 2 heterocycles. The summed E-state index contributed by atoms with van der Waals surface area (Å²) in [6, 6.07) is 6.25. The van der Waals surface area contributed by atoms with Gasteiger partial charge in [-0.3, -0.25) is 9.59 Å². The van der Waals surface area contributed by atoms with E-state index in [0.29, 0.717) is 5.56 Å². The molecule has 1 aromatic heterocycles. The van der Waals surface area contributed by atoms with E-state index in [0.717, 1.165) is 17.6 Å². The number of hydrogen-bond acceptors (Lipinski definition) is 6. The van der Waals surface area contributed by atoms with Gasteiger partial charge >= 0.3 is 5.56 Å². The number of aromatic nitrogens is 3. The first kappa shape index (κ1) is 19.8. The number of nitrogens with one attached hydrogen (secondary N) is 3. The molecule has 1 aliphatic rings. The summed E-state index contributed by atoms with van der Waals surface area (Å²) in [5.41, 5.74) is -0.416. The number of nitrogens with zero attached hydrogens (tertiary/aromatic N) is 3. The van der Waals surface area contributed by atoms with Gasteiger partial charge in [-0.05, 0) is 70.4 Å². The summed E-state index contributed by atoms with van der Waals surface area (Å²) >= 11 is 0. The van der Waals surface area contributed by atoms with Crippen molar-refractivity contribution in [1.82, 2.24) is 25.7 Å². The SMILES string of the molecule is CC1(C)CC(NC(=O)c2n[nH]n(/N=C/c3ccc(O)cc3)c2=O)CC(C)(C)N1. The highest BCUT2D eigenvalue weighted by atomic mass is 16.3. The number of amides is 1. The first-order valence-electron chi connectivity index (χ1n) is 9.16. The molecule has 0 aliphatic carbocycles. The number of phenolic OH excluding ortho intramolecular Hbond substituents is 1. The van der Waals surface area contributed by atoms with E-state index in [2.05, 4.69) is 53.7 Å². The van der Waals surface area contributed by atoms with E-state index < -0.39 is 11.5 Å². The zero-order chi connectivity index (χ0) is 20.5. The molecule has 3 rings (SSSR count). The van der Waals surface area contributed by atoms with Crippen LogP contribution < -0.4 is 16.2 Å². The minimum Gasteiger partial charge on any atom is -0.508 e. The van der Waals surface area contributed by atoms with Crippen molar-refractivity contribution >= 4 is 12.1 Å². The monoisotopic (exact) mass is 386 g/mol. The maximum atomic E-state index is 12.6. The van der Waals surface area contributed by atoms with E-state index in [4.69, 9.17) is 0 Å². The zero-order valence-corrected chi connectivity index (χ0v) is 16.5. The lowest BCUT2D eigenvalue weighted by Gasteiger charge is -2.46. The van der Waals surface area contributed by atoms with Crippen LogP contribution in [0.5, 0.6) is 5.75 Å². The van der Waals surface area contributed by atoms with Crippen molar-refractivity contribution in [2.75, 3.05) is 0 Å². The first-order valence-corrected chi connectivity index (χ1v) is 9.16. The highest BCUT2D eigenvalue weighted by molar-refractivity contribution is 5.92. The molecule has 0 radical (unpaired) electrons. The summed E-state index contributed by atoms with van der Waals surface area (Å²) in [7, 11) is 0. The van der Waals surface area contributed by atoms with E-state index in [9.17, 15) is 14.7 Å². The van der Waals surface area contributed by atoms with Crippen LogP contribution in [-0.2, 0) is 0 Å². The number of piperidine rings is 1. The number of hydrogen-bond donors (Lipinski definition) is 4. The number of aromatic amines is 1. The van der Waals surface area contributed by atoms with Crippen LogP contribution >= 0.6 is 0 Å². The van der Waals surface area contributed by atoms with Gasteiger partial charge in [0.15, 0.2) is 0 Å². The van der Waals surface area contributed by atoms with Gasteiger partial charge < -0.3 is 15.7 Å². The van der Waals surface area contributed by atoms with Gasteiger partial charge in [0, 0.05) is 17.1 Å². The lowest BCUT2D eigenvalue weighted by atomic mass is 9.79. The van der Waals surface area contributed by atoms with Crippen LogP contribution in [0.15, 0.2) is 34.2 Å². The molecule has 2 aromatic rings. The minimum atomic E-state index is -0.625.